The molecule has 0 unspecified atom stereocenters. The molecule has 0 spiro atoms. The maximum absolute atomic E-state index is 13.4. The molecule has 3 aromatic carbocycles. The highest BCUT2D eigenvalue weighted by atomic mass is 32.2. The van der Waals surface area contributed by atoms with Crippen molar-refractivity contribution in [1.82, 2.24) is 5.43 Å². The summed E-state index contributed by atoms with van der Waals surface area (Å²) >= 11 is 0. The fourth-order valence-corrected chi connectivity index (χ4v) is 4.84. The number of nitrogens with zero attached hydrogens (tertiary/aromatic N) is 2. The number of sulfonamides is 1. The molecule has 0 aliphatic carbocycles. The van der Waals surface area contributed by atoms with E-state index >= 15 is 0 Å². The van der Waals surface area contributed by atoms with Crippen LogP contribution in [0.2, 0.25) is 0 Å². The molecule has 0 fully saturated rings. The van der Waals surface area contributed by atoms with Gasteiger partial charge in [-0.2, -0.15) is 5.10 Å². The summed E-state index contributed by atoms with van der Waals surface area (Å²) in [6.07, 6.45) is 1.45. The molecule has 0 bridgehead atoms. The van der Waals surface area contributed by atoms with E-state index in [1.165, 1.54) is 18.3 Å². The number of carbonyl (C=O) groups is 1. The van der Waals surface area contributed by atoms with Crippen LogP contribution < -0.4 is 19.2 Å². The van der Waals surface area contributed by atoms with E-state index in [4.69, 9.17) is 9.47 Å². The third-order valence-electron chi connectivity index (χ3n) is 5.27. The third kappa shape index (κ3) is 5.20. The molecule has 1 heterocycles. The Bertz CT molecular complexity index is 1290. The number of fused-ring (bicyclic) bond motifs is 1. The number of benzene rings is 3. The van der Waals surface area contributed by atoms with Crippen molar-refractivity contribution in [3.63, 3.8) is 0 Å². The first-order chi connectivity index (χ1) is 16.3. The van der Waals surface area contributed by atoms with Crippen LogP contribution in [-0.2, 0) is 14.8 Å². The SMILES string of the molecule is CC(C)c1ccc(N(CC(=O)N/N=C\c2ccc3c(c2)OCO3)S(=O)(=O)c2ccccc2)cc1. The zero-order valence-corrected chi connectivity index (χ0v) is 19.7. The minimum atomic E-state index is -3.98. The molecule has 0 saturated heterocycles. The van der Waals surface area contributed by atoms with Gasteiger partial charge in [-0.15, -0.1) is 0 Å². The quantitative estimate of drug-likeness (QED) is 0.391. The Balaban J connectivity index is 1.53. The van der Waals surface area contributed by atoms with Gasteiger partial charge in [0.25, 0.3) is 15.9 Å². The van der Waals surface area contributed by atoms with Gasteiger partial charge in [0.05, 0.1) is 16.8 Å². The molecular formula is C25H25N3O5S. The third-order valence-corrected chi connectivity index (χ3v) is 7.05. The summed E-state index contributed by atoms with van der Waals surface area (Å²) in [4.78, 5) is 12.8. The molecule has 0 radical (unpaired) electrons. The highest BCUT2D eigenvalue weighted by Gasteiger charge is 2.27. The normalized spacial score (nSPS) is 12.8. The lowest BCUT2D eigenvalue weighted by molar-refractivity contribution is -0.119. The first kappa shape index (κ1) is 23.3. The Labute approximate surface area is 198 Å². The lowest BCUT2D eigenvalue weighted by atomic mass is 10.0. The zero-order valence-electron chi connectivity index (χ0n) is 18.8. The number of hydrogen-bond acceptors (Lipinski definition) is 6. The van der Waals surface area contributed by atoms with Gasteiger partial charge in [-0.25, -0.2) is 13.8 Å². The molecule has 34 heavy (non-hydrogen) atoms. The minimum Gasteiger partial charge on any atom is -0.454 e. The molecule has 0 atom stereocenters. The molecule has 1 amide bonds. The maximum atomic E-state index is 13.4. The summed E-state index contributed by atoms with van der Waals surface area (Å²) in [5, 5.41) is 3.96. The number of carbonyl (C=O) groups excluding carboxylic acids is 1. The zero-order chi connectivity index (χ0) is 24.1. The lowest BCUT2D eigenvalue weighted by Gasteiger charge is -2.24. The predicted octanol–water partition coefficient (Wildman–Crippen LogP) is 3.88. The van der Waals surface area contributed by atoms with E-state index < -0.39 is 22.5 Å². The fourth-order valence-electron chi connectivity index (χ4n) is 3.40. The molecular weight excluding hydrogens is 454 g/mol. The van der Waals surface area contributed by atoms with Crippen LogP contribution in [0.15, 0.2) is 82.8 Å². The molecule has 4 rings (SSSR count). The van der Waals surface area contributed by atoms with Gasteiger partial charge in [0.15, 0.2) is 11.5 Å². The van der Waals surface area contributed by atoms with Crippen molar-refractivity contribution in [3.05, 3.63) is 83.9 Å². The van der Waals surface area contributed by atoms with Gasteiger partial charge in [0.2, 0.25) is 6.79 Å². The summed E-state index contributed by atoms with van der Waals surface area (Å²) < 4.78 is 38.4. The molecule has 0 aromatic heterocycles. The Morgan fingerprint density at radius 2 is 1.74 bits per heavy atom. The predicted molar refractivity (Wildman–Crippen MR) is 130 cm³/mol. The van der Waals surface area contributed by atoms with Crippen molar-refractivity contribution in [1.29, 1.82) is 0 Å². The van der Waals surface area contributed by atoms with Crippen LogP contribution in [0.5, 0.6) is 11.5 Å². The molecule has 8 nitrogen and oxygen atoms in total. The largest absolute Gasteiger partial charge is 0.454 e. The summed E-state index contributed by atoms with van der Waals surface area (Å²) in [5.74, 6) is 0.957. The standard InChI is InChI=1S/C25H25N3O5S/c1-18(2)20-9-11-21(12-10-20)28(34(30,31)22-6-4-3-5-7-22)16-25(29)27-26-15-19-8-13-23-24(14-19)33-17-32-23/h3-15,18H,16-17H2,1-2H3,(H,27,29)/b26-15-. The van der Waals surface area contributed by atoms with Gasteiger partial charge < -0.3 is 9.47 Å². The molecule has 176 valence electrons. The van der Waals surface area contributed by atoms with E-state index in [2.05, 4.69) is 24.4 Å². The van der Waals surface area contributed by atoms with Crippen LogP contribution in [0.25, 0.3) is 0 Å². The van der Waals surface area contributed by atoms with Gasteiger partial charge >= 0.3 is 0 Å². The molecule has 9 heteroatoms. The van der Waals surface area contributed by atoms with Crippen LogP contribution >= 0.6 is 0 Å². The van der Waals surface area contributed by atoms with Crippen LogP contribution in [-0.4, -0.2) is 33.9 Å². The monoisotopic (exact) mass is 479 g/mol. The van der Waals surface area contributed by atoms with Gasteiger partial charge in [-0.05, 0) is 59.5 Å². The summed E-state index contributed by atoms with van der Waals surface area (Å²) in [6, 6.07) is 20.4. The summed E-state index contributed by atoms with van der Waals surface area (Å²) in [5.41, 5.74) is 4.56. The fraction of sp³-hybridized carbons (Fsp3) is 0.200. The van der Waals surface area contributed by atoms with E-state index in [1.54, 1.807) is 48.5 Å². The van der Waals surface area contributed by atoms with E-state index in [0.717, 1.165) is 9.87 Å². The second-order valence-corrected chi connectivity index (χ2v) is 9.84. The number of amides is 1. The number of nitrogens with one attached hydrogen (secondary N) is 1. The smallest absolute Gasteiger partial charge is 0.264 e. The number of hydrazone groups is 1. The van der Waals surface area contributed by atoms with Crippen LogP contribution in [0, 0.1) is 0 Å². The highest BCUT2D eigenvalue weighted by Crippen LogP contribution is 2.32. The second-order valence-electron chi connectivity index (χ2n) is 7.98. The van der Waals surface area contributed by atoms with Crippen LogP contribution in [0.3, 0.4) is 0 Å². The lowest BCUT2D eigenvalue weighted by Crippen LogP contribution is -2.39. The van der Waals surface area contributed by atoms with Gasteiger partial charge in [0, 0.05) is 0 Å². The maximum Gasteiger partial charge on any atom is 0.264 e. The summed E-state index contributed by atoms with van der Waals surface area (Å²) in [7, 11) is -3.98. The molecule has 1 aliphatic heterocycles. The van der Waals surface area contributed by atoms with E-state index in [9.17, 15) is 13.2 Å². The van der Waals surface area contributed by atoms with Crippen molar-refractivity contribution < 1.29 is 22.7 Å². The topological polar surface area (TPSA) is 97.3 Å². The molecule has 3 aromatic rings. The number of ether oxygens (including phenoxy) is 2. The van der Waals surface area contributed by atoms with E-state index in [-0.39, 0.29) is 11.7 Å². The van der Waals surface area contributed by atoms with Crippen molar-refractivity contribution in [2.45, 2.75) is 24.7 Å². The first-order valence-electron chi connectivity index (χ1n) is 10.7. The van der Waals surface area contributed by atoms with E-state index in [1.807, 2.05) is 12.1 Å². The second kappa shape index (κ2) is 9.96. The molecule has 1 aliphatic rings. The average molecular weight is 480 g/mol. The highest BCUT2D eigenvalue weighted by molar-refractivity contribution is 7.92. The molecule has 0 saturated carbocycles. The van der Waals surface area contributed by atoms with Crippen molar-refractivity contribution in [3.8, 4) is 11.5 Å². The first-order valence-corrected chi connectivity index (χ1v) is 12.2. The van der Waals surface area contributed by atoms with Gasteiger partial charge in [-0.3, -0.25) is 9.10 Å². The Kier molecular flexibility index (Phi) is 6.83. The molecule has 1 N–H and O–H groups in total. The van der Waals surface area contributed by atoms with E-state index in [0.29, 0.717) is 28.7 Å². The summed E-state index contributed by atoms with van der Waals surface area (Å²) in [6.45, 7) is 3.84. The van der Waals surface area contributed by atoms with Crippen LogP contribution in [0.1, 0.15) is 30.9 Å². The Morgan fingerprint density at radius 3 is 2.44 bits per heavy atom. The van der Waals surface area contributed by atoms with Crippen molar-refractivity contribution in [2.24, 2.45) is 5.10 Å². The number of anilines is 1. The average Bonchev–Trinajstić information content (AvgIpc) is 3.31. The number of rotatable bonds is 8. The Hall–Kier alpha value is -3.85. The van der Waals surface area contributed by atoms with Crippen molar-refractivity contribution >= 4 is 27.8 Å². The van der Waals surface area contributed by atoms with Crippen molar-refractivity contribution in [2.75, 3.05) is 17.6 Å². The van der Waals surface area contributed by atoms with Gasteiger partial charge in [-0.1, -0.05) is 44.2 Å². The van der Waals surface area contributed by atoms with Crippen LogP contribution in [0.4, 0.5) is 5.69 Å². The van der Waals surface area contributed by atoms with Gasteiger partial charge in [0.1, 0.15) is 6.54 Å². The Morgan fingerprint density at radius 1 is 1.03 bits per heavy atom. The number of hydrogen-bond donors (Lipinski definition) is 1. The minimum absolute atomic E-state index is 0.0968.